The molecule has 8 nitrogen and oxygen atoms in total. The Bertz CT molecular complexity index is 1450. The van der Waals surface area contributed by atoms with Gasteiger partial charge < -0.3 is 15.0 Å². The molecule has 0 fully saturated rings. The number of benzene rings is 3. The molecule has 0 aliphatic carbocycles. The first-order chi connectivity index (χ1) is 19.4. The van der Waals surface area contributed by atoms with Crippen LogP contribution in [-0.2, 0) is 32.6 Å². The molecule has 0 saturated heterocycles. The Labute approximate surface area is 246 Å². The Balaban J connectivity index is 2.07. The van der Waals surface area contributed by atoms with E-state index in [0.29, 0.717) is 12.3 Å². The largest absolute Gasteiger partial charge is 0.495 e. The van der Waals surface area contributed by atoms with Crippen LogP contribution in [-0.4, -0.2) is 57.6 Å². The summed E-state index contributed by atoms with van der Waals surface area (Å²) in [6, 6.07) is 18.4. The summed E-state index contributed by atoms with van der Waals surface area (Å²) >= 11 is 6.25. The lowest BCUT2D eigenvalue weighted by Crippen LogP contribution is -2.53. The summed E-state index contributed by atoms with van der Waals surface area (Å²) < 4.78 is 46.6. The Morgan fingerprint density at radius 3 is 2.27 bits per heavy atom. The summed E-state index contributed by atoms with van der Waals surface area (Å²) in [5, 5.41) is 3.04. The van der Waals surface area contributed by atoms with Gasteiger partial charge in [-0.25, -0.2) is 12.8 Å². The second-order valence-electron chi connectivity index (χ2n) is 10.0. The van der Waals surface area contributed by atoms with Crippen molar-refractivity contribution in [1.29, 1.82) is 0 Å². The third-order valence-electron chi connectivity index (χ3n) is 6.36. The molecule has 0 heterocycles. The third-order valence-corrected chi connectivity index (χ3v) is 7.79. The average molecular weight is 604 g/mol. The van der Waals surface area contributed by atoms with Gasteiger partial charge in [0.2, 0.25) is 21.8 Å². The molecule has 0 bridgehead atoms. The fourth-order valence-electron chi connectivity index (χ4n) is 4.21. The zero-order valence-electron chi connectivity index (χ0n) is 23.5. The Morgan fingerprint density at radius 1 is 1.02 bits per heavy atom. The lowest BCUT2D eigenvalue weighted by Gasteiger charge is -2.33. The lowest BCUT2D eigenvalue weighted by atomic mass is 10.0. The smallest absolute Gasteiger partial charge is 0.244 e. The maximum absolute atomic E-state index is 14.8. The normalized spacial score (nSPS) is 12.1. The molecule has 11 heteroatoms. The predicted molar refractivity (Wildman–Crippen MR) is 159 cm³/mol. The number of halogens is 2. The number of ether oxygens (including phenoxy) is 1. The topological polar surface area (TPSA) is 96.0 Å². The minimum Gasteiger partial charge on any atom is -0.495 e. The number of anilines is 1. The summed E-state index contributed by atoms with van der Waals surface area (Å²) in [5.74, 6) is -1.18. The van der Waals surface area contributed by atoms with E-state index < -0.39 is 40.2 Å². The first kappa shape index (κ1) is 31.9. The molecule has 0 aliphatic rings. The van der Waals surface area contributed by atoms with Gasteiger partial charge >= 0.3 is 0 Å². The number of nitrogens with one attached hydrogen (secondary N) is 1. The number of carbonyl (C=O) groups excluding carboxylic acids is 2. The van der Waals surface area contributed by atoms with Gasteiger partial charge in [0, 0.05) is 25.1 Å². The zero-order valence-corrected chi connectivity index (χ0v) is 25.1. The first-order valence-electron chi connectivity index (χ1n) is 13.1. The lowest BCUT2D eigenvalue weighted by molar-refractivity contribution is -0.140. The SMILES string of the molecule is COc1ccc(N(CC(=O)N(Cc2ccccc2F)C(Cc2ccccc2)C(=O)NCC(C)C)S(C)(=O)=O)cc1Cl. The number of sulfonamides is 1. The number of carbonyl (C=O) groups is 2. The van der Waals surface area contributed by atoms with Crippen LogP contribution in [0.25, 0.3) is 0 Å². The Morgan fingerprint density at radius 2 is 1.68 bits per heavy atom. The van der Waals surface area contributed by atoms with Crippen molar-refractivity contribution in [3.05, 3.63) is 94.8 Å². The minimum atomic E-state index is -3.98. The monoisotopic (exact) mass is 603 g/mol. The second-order valence-corrected chi connectivity index (χ2v) is 12.4. The van der Waals surface area contributed by atoms with E-state index in [4.69, 9.17) is 16.3 Å². The highest BCUT2D eigenvalue weighted by atomic mass is 35.5. The minimum absolute atomic E-state index is 0.137. The van der Waals surface area contributed by atoms with Gasteiger partial charge in [0.15, 0.2) is 0 Å². The van der Waals surface area contributed by atoms with E-state index in [1.54, 1.807) is 6.07 Å². The molecule has 220 valence electrons. The summed E-state index contributed by atoms with van der Waals surface area (Å²) in [6.45, 7) is 3.36. The van der Waals surface area contributed by atoms with Crippen molar-refractivity contribution in [2.75, 3.05) is 30.8 Å². The van der Waals surface area contributed by atoms with Crippen LogP contribution in [0.4, 0.5) is 10.1 Å². The molecule has 1 atom stereocenters. The van der Waals surface area contributed by atoms with Crippen molar-refractivity contribution in [2.45, 2.75) is 32.9 Å². The van der Waals surface area contributed by atoms with E-state index in [1.807, 2.05) is 44.2 Å². The van der Waals surface area contributed by atoms with Crippen LogP contribution in [0.5, 0.6) is 5.75 Å². The molecule has 0 radical (unpaired) electrons. The number of amides is 2. The van der Waals surface area contributed by atoms with E-state index >= 15 is 0 Å². The maximum atomic E-state index is 14.8. The number of hydrogen-bond donors (Lipinski definition) is 1. The van der Waals surface area contributed by atoms with Crippen LogP contribution in [0.1, 0.15) is 25.0 Å². The Kier molecular flexibility index (Phi) is 11.1. The van der Waals surface area contributed by atoms with Gasteiger partial charge in [-0.3, -0.25) is 13.9 Å². The first-order valence-corrected chi connectivity index (χ1v) is 15.3. The van der Waals surface area contributed by atoms with E-state index in [0.717, 1.165) is 16.1 Å². The van der Waals surface area contributed by atoms with Crippen molar-refractivity contribution in [1.82, 2.24) is 10.2 Å². The predicted octanol–water partition coefficient (Wildman–Crippen LogP) is 4.67. The summed E-state index contributed by atoms with van der Waals surface area (Å²) in [6.07, 6.45) is 1.11. The van der Waals surface area contributed by atoms with Crippen molar-refractivity contribution in [2.24, 2.45) is 5.92 Å². The van der Waals surface area contributed by atoms with Crippen LogP contribution >= 0.6 is 11.6 Å². The van der Waals surface area contributed by atoms with Gasteiger partial charge in [0.05, 0.1) is 24.1 Å². The summed E-state index contributed by atoms with van der Waals surface area (Å²) in [5.41, 5.74) is 1.11. The number of methoxy groups -OCH3 is 1. The fourth-order valence-corrected chi connectivity index (χ4v) is 5.30. The third kappa shape index (κ3) is 8.93. The molecule has 41 heavy (non-hydrogen) atoms. The molecule has 1 N–H and O–H groups in total. The Hall–Kier alpha value is -3.63. The zero-order chi connectivity index (χ0) is 30.2. The van der Waals surface area contributed by atoms with E-state index in [1.165, 1.54) is 48.4 Å². The highest BCUT2D eigenvalue weighted by molar-refractivity contribution is 7.92. The van der Waals surface area contributed by atoms with Gasteiger partial charge in [0.25, 0.3) is 0 Å². The quantitative estimate of drug-likeness (QED) is 0.306. The van der Waals surface area contributed by atoms with E-state index in [-0.39, 0.29) is 35.2 Å². The molecular formula is C30H35ClFN3O5S. The number of hydrogen-bond acceptors (Lipinski definition) is 5. The van der Waals surface area contributed by atoms with Crippen LogP contribution in [0, 0.1) is 11.7 Å². The number of rotatable bonds is 13. The standard InChI is InChI=1S/C30H35ClFN3O5S/c1-21(2)18-33-30(37)27(16-22-10-6-5-7-11-22)34(19-23-12-8-9-13-26(23)32)29(36)20-35(41(4,38)39)24-14-15-28(40-3)25(31)17-24/h5-15,17,21,27H,16,18-20H2,1-4H3,(H,33,37). The van der Waals surface area contributed by atoms with E-state index in [9.17, 15) is 22.4 Å². The molecule has 1 unspecified atom stereocenters. The van der Waals surface area contributed by atoms with Gasteiger partial charge in [-0.15, -0.1) is 0 Å². The molecule has 3 aromatic carbocycles. The molecule has 0 aliphatic heterocycles. The highest BCUT2D eigenvalue weighted by Gasteiger charge is 2.33. The van der Waals surface area contributed by atoms with Crippen LogP contribution in [0.2, 0.25) is 5.02 Å². The molecule has 3 rings (SSSR count). The molecule has 0 aromatic heterocycles. The van der Waals surface area contributed by atoms with Gasteiger partial charge in [-0.2, -0.15) is 0 Å². The summed E-state index contributed by atoms with van der Waals surface area (Å²) in [4.78, 5) is 28.9. The average Bonchev–Trinajstić information content (AvgIpc) is 2.93. The van der Waals surface area contributed by atoms with Gasteiger partial charge in [-0.05, 0) is 35.7 Å². The van der Waals surface area contributed by atoms with Gasteiger partial charge in [-0.1, -0.05) is 74.0 Å². The van der Waals surface area contributed by atoms with Crippen molar-refractivity contribution in [3.63, 3.8) is 0 Å². The molecule has 0 saturated carbocycles. The summed E-state index contributed by atoms with van der Waals surface area (Å²) in [7, 11) is -2.55. The fraction of sp³-hybridized carbons (Fsp3) is 0.333. The van der Waals surface area contributed by atoms with Gasteiger partial charge in [0.1, 0.15) is 24.2 Å². The van der Waals surface area contributed by atoms with Crippen molar-refractivity contribution < 1.29 is 27.1 Å². The van der Waals surface area contributed by atoms with E-state index in [2.05, 4.69) is 5.32 Å². The van der Waals surface area contributed by atoms with Crippen molar-refractivity contribution >= 4 is 39.1 Å². The second kappa shape index (κ2) is 14.3. The van der Waals surface area contributed by atoms with Crippen LogP contribution in [0.3, 0.4) is 0 Å². The van der Waals surface area contributed by atoms with Crippen LogP contribution in [0.15, 0.2) is 72.8 Å². The number of nitrogens with zero attached hydrogens (tertiary/aromatic N) is 2. The maximum Gasteiger partial charge on any atom is 0.244 e. The molecule has 3 aromatic rings. The van der Waals surface area contributed by atoms with Crippen molar-refractivity contribution in [3.8, 4) is 5.75 Å². The highest BCUT2D eigenvalue weighted by Crippen LogP contribution is 2.30. The molecule has 0 spiro atoms. The molecule has 2 amide bonds. The van der Waals surface area contributed by atoms with Crippen LogP contribution < -0.4 is 14.4 Å². The molecular weight excluding hydrogens is 569 g/mol.